The van der Waals surface area contributed by atoms with Gasteiger partial charge in [-0.1, -0.05) is 78.3 Å². The summed E-state index contributed by atoms with van der Waals surface area (Å²) in [5, 5.41) is 1.16. The minimum absolute atomic E-state index is 0. The van der Waals surface area contributed by atoms with Crippen molar-refractivity contribution in [1.82, 2.24) is 0 Å². The smallest absolute Gasteiger partial charge is 1.00 e. The molecule has 0 aromatic rings. The summed E-state index contributed by atoms with van der Waals surface area (Å²) >= 11 is 0. The van der Waals surface area contributed by atoms with Crippen LogP contribution in [0, 0.1) is 0 Å². The van der Waals surface area contributed by atoms with Gasteiger partial charge in [0.15, 0.2) is 6.71 Å². The topological polar surface area (TPSA) is 0 Å². The Morgan fingerprint density at radius 3 is 0.714 bits per heavy atom. The third-order valence-electron chi connectivity index (χ3n) is 2.60. The first kappa shape index (κ1) is 18.1. The van der Waals surface area contributed by atoms with Gasteiger partial charge in [0.1, 0.15) is 0 Å². The number of hydrogen-bond donors (Lipinski definition) is 0. The maximum Gasteiger partial charge on any atom is 1.00 e. The quantitative estimate of drug-likeness (QED) is 0.550. The van der Waals surface area contributed by atoms with Gasteiger partial charge >= 0.3 is 51.4 Å². The summed E-state index contributed by atoms with van der Waals surface area (Å²) < 4.78 is 0. The van der Waals surface area contributed by atoms with Gasteiger partial charge in [-0.3, -0.25) is 0 Å². The predicted molar refractivity (Wildman–Crippen MR) is 66.0 cm³/mol. The third kappa shape index (κ3) is 5.69. The Hall–Kier alpha value is 1.70. The molecule has 14 heavy (non-hydrogen) atoms. The summed E-state index contributed by atoms with van der Waals surface area (Å²) in [5.74, 6) is 0. The van der Waals surface area contributed by atoms with Gasteiger partial charge in [0.25, 0.3) is 0 Å². The van der Waals surface area contributed by atoms with Gasteiger partial charge in [0.05, 0.1) is 0 Å². The second-order valence-electron chi connectivity index (χ2n) is 7.53. The minimum Gasteiger partial charge on any atom is -1.00 e. The van der Waals surface area contributed by atoms with Gasteiger partial charge in [0.2, 0.25) is 0 Å². The Bertz CT molecular complexity index is 138. The maximum absolute atomic E-state index is 2.36. The van der Waals surface area contributed by atoms with E-state index in [-0.39, 0.29) is 52.8 Å². The molecule has 2 heteroatoms. The summed E-state index contributed by atoms with van der Waals surface area (Å²) in [6.07, 6.45) is 0. The van der Waals surface area contributed by atoms with E-state index in [4.69, 9.17) is 0 Å². The molecule has 0 amide bonds. The zero-order chi connectivity index (χ0) is 11.1. The molecule has 80 valence electrons. The Kier molecular flexibility index (Phi) is 6.91. The van der Waals surface area contributed by atoms with E-state index in [0.29, 0.717) is 15.9 Å². The first-order valence-corrected chi connectivity index (χ1v) is 5.37. The molecule has 0 fully saturated rings. The van der Waals surface area contributed by atoms with Crippen LogP contribution in [0.1, 0.15) is 63.7 Å². The van der Waals surface area contributed by atoms with Crippen molar-refractivity contribution < 1.29 is 52.8 Å². The van der Waals surface area contributed by atoms with Crippen LogP contribution in [-0.4, -0.2) is 6.71 Å². The molecule has 0 N–H and O–H groups in total. The van der Waals surface area contributed by atoms with Crippen molar-refractivity contribution in [2.75, 3.05) is 0 Å². The third-order valence-corrected chi connectivity index (χ3v) is 2.60. The maximum atomic E-state index is 2.36. The van der Waals surface area contributed by atoms with Gasteiger partial charge in [-0.05, 0) is 0 Å². The monoisotopic (exact) mass is 222 g/mol. The van der Waals surface area contributed by atoms with Gasteiger partial charge < -0.3 is 1.43 Å². The molecule has 0 rings (SSSR count). The Labute approximate surface area is 136 Å². The Balaban J connectivity index is -0.000000720. The molecule has 0 nitrogen and oxygen atoms in total. The van der Waals surface area contributed by atoms with Crippen molar-refractivity contribution in [2.45, 2.75) is 78.3 Å². The summed E-state index contributed by atoms with van der Waals surface area (Å²) in [6, 6.07) is 0. The zero-order valence-corrected chi connectivity index (χ0v) is 15.2. The number of rotatable bonds is 0. The zero-order valence-electron chi connectivity index (χ0n) is 13.1. The molecule has 0 saturated heterocycles. The van der Waals surface area contributed by atoms with E-state index in [1.807, 2.05) is 0 Å². The minimum atomic E-state index is 0. The summed E-state index contributed by atoms with van der Waals surface area (Å²) in [6.45, 7) is 21.9. The average Bonchev–Trinajstić information content (AvgIpc) is 1.44. The van der Waals surface area contributed by atoms with E-state index < -0.39 is 0 Å². The van der Waals surface area contributed by atoms with Crippen LogP contribution in [-0.2, 0) is 0 Å². The molecule has 0 aliphatic carbocycles. The molecule has 0 spiro atoms. The SMILES string of the molecule is CC(C)(C)B(C(C)(C)C)C(C)(C)C.[H-].[K+]. The molecule has 0 saturated carbocycles. The normalized spacial score (nSPS) is 13.5. The predicted octanol–water partition coefficient (Wildman–Crippen LogP) is 2.00. The van der Waals surface area contributed by atoms with Crippen molar-refractivity contribution in [1.29, 1.82) is 0 Å². The van der Waals surface area contributed by atoms with Gasteiger partial charge in [0, 0.05) is 0 Å². The fourth-order valence-corrected chi connectivity index (χ4v) is 3.90. The van der Waals surface area contributed by atoms with E-state index in [9.17, 15) is 0 Å². The van der Waals surface area contributed by atoms with Crippen molar-refractivity contribution in [3.8, 4) is 0 Å². The fourth-order valence-electron chi connectivity index (χ4n) is 3.90. The molecule has 0 unspecified atom stereocenters. The van der Waals surface area contributed by atoms with Crippen LogP contribution in [0.3, 0.4) is 0 Å². The summed E-state index contributed by atoms with van der Waals surface area (Å²) in [7, 11) is 0. The molecular formula is C12H28BK. The molecule has 0 radical (unpaired) electrons. The average molecular weight is 222 g/mol. The van der Waals surface area contributed by atoms with Crippen LogP contribution < -0.4 is 51.4 Å². The van der Waals surface area contributed by atoms with E-state index in [1.54, 1.807) is 0 Å². The Morgan fingerprint density at radius 2 is 0.714 bits per heavy atom. The van der Waals surface area contributed by atoms with E-state index in [1.165, 1.54) is 0 Å². The van der Waals surface area contributed by atoms with Gasteiger partial charge in [-0.15, -0.1) is 0 Å². The van der Waals surface area contributed by atoms with Crippen molar-refractivity contribution in [3.63, 3.8) is 0 Å². The van der Waals surface area contributed by atoms with Crippen LogP contribution in [0.5, 0.6) is 0 Å². The van der Waals surface area contributed by atoms with E-state index in [0.717, 1.165) is 6.71 Å². The molecule has 0 heterocycles. The Morgan fingerprint density at radius 1 is 0.571 bits per heavy atom. The largest absolute Gasteiger partial charge is 1.00 e. The van der Waals surface area contributed by atoms with Gasteiger partial charge in [-0.2, -0.15) is 0 Å². The molecule has 0 aliphatic rings. The van der Waals surface area contributed by atoms with Crippen molar-refractivity contribution >= 4 is 6.71 Å². The van der Waals surface area contributed by atoms with Crippen LogP contribution in [0.15, 0.2) is 0 Å². The molecule has 0 atom stereocenters. The molecule has 0 bridgehead atoms. The molecule has 0 aliphatic heterocycles. The van der Waals surface area contributed by atoms with Crippen LogP contribution in [0.25, 0.3) is 0 Å². The first-order valence-electron chi connectivity index (χ1n) is 5.37. The second-order valence-corrected chi connectivity index (χ2v) is 7.53. The molecular weight excluding hydrogens is 194 g/mol. The number of hydrogen-bond acceptors (Lipinski definition) is 0. The van der Waals surface area contributed by atoms with Crippen molar-refractivity contribution in [3.05, 3.63) is 0 Å². The van der Waals surface area contributed by atoms with Crippen molar-refractivity contribution in [2.24, 2.45) is 0 Å². The second kappa shape index (κ2) is 5.36. The molecule has 0 aromatic carbocycles. The van der Waals surface area contributed by atoms with Crippen LogP contribution in [0.2, 0.25) is 15.9 Å². The van der Waals surface area contributed by atoms with Crippen LogP contribution in [0.4, 0.5) is 0 Å². The fraction of sp³-hybridized carbons (Fsp3) is 1.00. The van der Waals surface area contributed by atoms with E-state index >= 15 is 0 Å². The molecule has 0 aromatic heterocycles. The first-order chi connectivity index (χ1) is 5.37. The van der Waals surface area contributed by atoms with E-state index in [2.05, 4.69) is 62.3 Å². The summed E-state index contributed by atoms with van der Waals surface area (Å²) in [5.41, 5.74) is 0. The summed E-state index contributed by atoms with van der Waals surface area (Å²) in [4.78, 5) is 0. The van der Waals surface area contributed by atoms with Crippen LogP contribution >= 0.6 is 0 Å². The van der Waals surface area contributed by atoms with Gasteiger partial charge in [-0.25, -0.2) is 0 Å². The standard InChI is InChI=1S/C12H27B.K.H/c1-10(2,3)13(11(4,5)6)12(7,8)9;;/h1-9H3;;/q;+1;-1.